The number of aryl methyl sites for hydroxylation is 1. The predicted octanol–water partition coefficient (Wildman–Crippen LogP) is 3.71. The van der Waals surface area contributed by atoms with Crippen molar-refractivity contribution in [3.8, 4) is 17.2 Å². The zero-order valence-corrected chi connectivity index (χ0v) is 17.7. The molecule has 31 heavy (non-hydrogen) atoms. The van der Waals surface area contributed by atoms with E-state index in [-0.39, 0.29) is 5.97 Å². The molecule has 2 aromatic rings. The van der Waals surface area contributed by atoms with Gasteiger partial charge in [-0.3, -0.25) is 14.8 Å². The van der Waals surface area contributed by atoms with Crippen LogP contribution in [0.25, 0.3) is 6.08 Å². The van der Waals surface area contributed by atoms with Gasteiger partial charge in [-0.1, -0.05) is 32.0 Å². The van der Waals surface area contributed by atoms with E-state index in [0.29, 0.717) is 49.2 Å². The summed E-state index contributed by atoms with van der Waals surface area (Å²) in [7, 11) is 0. The first-order valence-corrected chi connectivity index (χ1v) is 10.3. The molecule has 0 saturated carbocycles. The van der Waals surface area contributed by atoms with Crippen LogP contribution in [0.4, 0.5) is 0 Å². The molecular weight excluding hydrogens is 398 g/mol. The van der Waals surface area contributed by atoms with Gasteiger partial charge >= 0.3 is 5.97 Å². The molecule has 1 heterocycles. The highest BCUT2D eigenvalue weighted by Gasteiger charge is 2.23. The Balaban J connectivity index is 1.62. The van der Waals surface area contributed by atoms with E-state index in [2.05, 4.69) is 13.8 Å². The summed E-state index contributed by atoms with van der Waals surface area (Å²) in [6.07, 6.45) is 4.64. The number of carbonyl (C=O) groups excluding carboxylic acids is 2. The molecule has 0 aliphatic carbocycles. The second kappa shape index (κ2) is 10.6. The van der Waals surface area contributed by atoms with Crippen LogP contribution in [0.1, 0.15) is 37.0 Å². The van der Waals surface area contributed by atoms with Gasteiger partial charge in [-0.25, -0.2) is 5.48 Å². The van der Waals surface area contributed by atoms with Gasteiger partial charge in [0, 0.05) is 11.6 Å². The normalized spacial score (nSPS) is 13.1. The van der Waals surface area contributed by atoms with Crippen LogP contribution in [-0.4, -0.2) is 30.3 Å². The predicted molar refractivity (Wildman–Crippen MR) is 115 cm³/mol. The van der Waals surface area contributed by atoms with Gasteiger partial charge in [0.2, 0.25) is 0 Å². The standard InChI is InChI=1S/C24H27NO6/c1-16(2)14-20-21(9-7-18-8-11-23(27)31-24(18)20)30-13-12-29-19-5-3-4-17(15-19)6-10-22(26)25-28/h3-7,9-10,15-16,28H,8,11-14H2,1-2H3,(H,25,26)/b10-6+. The van der Waals surface area contributed by atoms with Crippen molar-refractivity contribution in [3.05, 3.63) is 59.2 Å². The van der Waals surface area contributed by atoms with Crippen LogP contribution in [0, 0.1) is 5.92 Å². The third-order valence-electron chi connectivity index (χ3n) is 4.73. The van der Waals surface area contributed by atoms with Crippen LogP contribution in [0.2, 0.25) is 0 Å². The first-order chi connectivity index (χ1) is 15.0. The number of fused-ring (bicyclic) bond motifs is 1. The van der Waals surface area contributed by atoms with Crippen molar-refractivity contribution in [1.82, 2.24) is 5.48 Å². The van der Waals surface area contributed by atoms with Crippen molar-refractivity contribution >= 4 is 18.0 Å². The van der Waals surface area contributed by atoms with Gasteiger partial charge in [0.15, 0.2) is 0 Å². The van der Waals surface area contributed by atoms with E-state index in [1.807, 2.05) is 30.3 Å². The Hall–Kier alpha value is -3.32. The van der Waals surface area contributed by atoms with E-state index in [0.717, 1.165) is 23.1 Å². The maximum Gasteiger partial charge on any atom is 0.311 e. The molecule has 7 heteroatoms. The molecule has 1 aliphatic heterocycles. The summed E-state index contributed by atoms with van der Waals surface area (Å²) < 4.78 is 17.3. The maximum atomic E-state index is 11.8. The third-order valence-corrected chi connectivity index (χ3v) is 4.73. The fourth-order valence-electron chi connectivity index (χ4n) is 3.35. The van der Waals surface area contributed by atoms with Crippen LogP contribution in [0.5, 0.6) is 17.2 Å². The van der Waals surface area contributed by atoms with Crippen molar-refractivity contribution < 1.29 is 29.0 Å². The lowest BCUT2D eigenvalue weighted by atomic mass is 9.95. The van der Waals surface area contributed by atoms with Crippen LogP contribution < -0.4 is 19.7 Å². The molecule has 0 saturated heterocycles. The number of hydrogen-bond acceptors (Lipinski definition) is 6. The van der Waals surface area contributed by atoms with E-state index in [1.165, 1.54) is 6.08 Å². The summed E-state index contributed by atoms with van der Waals surface area (Å²) >= 11 is 0. The molecule has 1 aliphatic rings. The average Bonchev–Trinajstić information content (AvgIpc) is 2.76. The number of esters is 1. The van der Waals surface area contributed by atoms with Gasteiger partial charge in [-0.2, -0.15) is 0 Å². The smallest absolute Gasteiger partial charge is 0.311 e. The van der Waals surface area contributed by atoms with Gasteiger partial charge in [-0.15, -0.1) is 0 Å². The van der Waals surface area contributed by atoms with Crippen molar-refractivity contribution in [1.29, 1.82) is 0 Å². The molecule has 2 aromatic carbocycles. The molecule has 0 unspecified atom stereocenters. The van der Waals surface area contributed by atoms with Crippen LogP contribution in [-0.2, 0) is 22.4 Å². The molecule has 0 aromatic heterocycles. The Morgan fingerprint density at radius 1 is 1.19 bits per heavy atom. The summed E-state index contributed by atoms with van der Waals surface area (Å²) in [4.78, 5) is 22.9. The van der Waals surface area contributed by atoms with E-state index in [9.17, 15) is 9.59 Å². The Labute approximate surface area is 181 Å². The molecule has 1 amide bonds. The molecule has 2 N–H and O–H groups in total. The quantitative estimate of drug-likeness (QED) is 0.159. The van der Waals surface area contributed by atoms with E-state index in [4.69, 9.17) is 19.4 Å². The zero-order chi connectivity index (χ0) is 22.2. The molecular formula is C24H27NO6. The number of hydroxylamine groups is 1. The first-order valence-electron chi connectivity index (χ1n) is 10.3. The van der Waals surface area contributed by atoms with E-state index < -0.39 is 5.91 Å². The fourth-order valence-corrected chi connectivity index (χ4v) is 3.35. The van der Waals surface area contributed by atoms with Gasteiger partial charge in [0.25, 0.3) is 5.91 Å². The number of nitrogens with one attached hydrogen (secondary N) is 1. The molecule has 164 valence electrons. The molecule has 0 atom stereocenters. The largest absolute Gasteiger partial charge is 0.490 e. The molecule has 3 rings (SSSR count). The van der Waals surface area contributed by atoms with Crippen molar-refractivity contribution in [2.45, 2.75) is 33.1 Å². The van der Waals surface area contributed by atoms with Crippen LogP contribution in [0.3, 0.4) is 0 Å². The monoisotopic (exact) mass is 425 g/mol. The van der Waals surface area contributed by atoms with Gasteiger partial charge in [0.05, 0.1) is 6.42 Å². The highest BCUT2D eigenvalue weighted by molar-refractivity contribution is 5.90. The van der Waals surface area contributed by atoms with Gasteiger partial charge in [0.1, 0.15) is 30.5 Å². The Morgan fingerprint density at radius 2 is 2.00 bits per heavy atom. The minimum absolute atomic E-state index is 0.205. The van der Waals surface area contributed by atoms with Crippen LogP contribution >= 0.6 is 0 Å². The van der Waals surface area contributed by atoms with Crippen molar-refractivity contribution in [3.63, 3.8) is 0 Å². The Kier molecular flexibility index (Phi) is 7.67. The second-order valence-electron chi connectivity index (χ2n) is 7.68. The fraction of sp³-hybridized carbons (Fsp3) is 0.333. The third kappa shape index (κ3) is 6.33. The number of ether oxygens (including phenoxy) is 3. The van der Waals surface area contributed by atoms with E-state index in [1.54, 1.807) is 17.6 Å². The SMILES string of the molecule is CC(C)Cc1c(OCCOc2cccc(/C=C/C(=O)NO)c2)ccc2c1OC(=O)CC2. The summed E-state index contributed by atoms with van der Waals surface area (Å²) in [5, 5.41) is 8.54. The first kappa shape index (κ1) is 22.4. The lowest BCUT2D eigenvalue weighted by Crippen LogP contribution is -2.19. The minimum atomic E-state index is -0.604. The average molecular weight is 425 g/mol. The summed E-state index contributed by atoms with van der Waals surface area (Å²) in [5.41, 5.74) is 4.27. The summed E-state index contributed by atoms with van der Waals surface area (Å²) in [5.74, 6) is 1.56. The lowest BCUT2D eigenvalue weighted by molar-refractivity contribution is -0.135. The molecule has 0 radical (unpaired) electrons. The molecule has 7 nitrogen and oxygen atoms in total. The Bertz CT molecular complexity index is 967. The van der Waals surface area contributed by atoms with Crippen molar-refractivity contribution in [2.75, 3.05) is 13.2 Å². The number of rotatable bonds is 9. The Morgan fingerprint density at radius 3 is 2.77 bits per heavy atom. The second-order valence-corrected chi connectivity index (χ2v) is 7.68. The van der Waals surface area contributed by atoms with E-state index >= 15 is 0 Å². The summed E-state index contributed by atoms with van der Waals surface area (Å²) in [6.45, 7) is 4.87. The minimum Gasteiger partial charge on any atom is -0.490 e. The molecule has 0 spiro atoms. The zero-order valence-electron chi connectivity index (χ0n) is 17.7. The van der Waals surface area contributed by atoms with Gasteiger partial charge < -0.3 is 14.2 Å². The lowest BCUT2D eigenvalue weighted by Gasteiger charge is -2.22. The highest BCUT2D eigenvalue weighted by Crippen LogP contribution is 2.37. The highest BCUT2D eigenvalue weighted by atomic mass is 16.5. The molecule has 0 fully saturated rings. The number of carbonyl (C=O) groups is 2. The maximum absolute atomic E-state index is 11.8. The summed E-state index contributed by atoms with van der Waals surface area (Å²) in [6, 6.07) is 11.1. The van der Waals surface area contributed by atoms with Crippen molar-refractivity contribution in [2.24, 2.45) is 5.92 Å². The number of hydrogen-bond donors (Lipinski definition) is 2. The van der Waals surface area contributed by atoms with Crippen LogP contribution in [0.15, 0.2) is 42.5 Å². The number of amides is 1. The topological polar surface area (TPSA) is 94.1 Å². The number of benzene rings is 2. The van der Waals surface area contributed by atoms with Gasteiger partial charge in [-0.05, 0) is 54.2 Å². The molecule has 0 bridgehead atoms.